The lowest BCUT2D eigenvalue weighted by Gasteiger charge is -2.15. The highest BCUT2D eigenvalue weighted by Crippen LogP contribution is 2.29. The first-order valence-corrected chi connectivity index (χ1v) is 8.98. The number of anilines is 1. The zero-order chi connectivity index (χ0) is 20.4. The third kappa shape index (κ3) is 3.21. The fourth-order valence-corrected chi connectivity index (χ4v) is 3.30. The molecule has 0 saturated carbocycles. The number of pyridine rings is 1. The molecule has 6 heteroatoms. The second-order valence-electron chi connectivity index (χ2n) is 6.37. The van der Waals surface area contributed by atoms with Crippen LogP contribution in [-0.2, 0) is 0 Å². The van der Waals surface area contributed by atoms with Crippen molar-refractivity contribution in [2.45, 2.75) is 0 Å². The summed E-state index contributed by atoms with van der Waals surface area (Å²) >= 11 is 0. The average Bonchev–Trinajstić information content (AvgIpc) is 2.75. The van der Waals surface area contributed by atoms with Crippen molar-refractivity contribution in [2.24, 2.45) is 0 Å². The van der Waals surface area contributed by atoms with Gasteiger partial charge in [-0.2, -0.15) is 0 Å². The largest absolute Gasteiger partial charge is 0.506 e. The van der Waals surface area contributed by atoms with Crippen LogP contribution in [0.15, 0.2) is 83.7 Å². The van der Waals surface area contributed by atoms with Crippen LogP contribution in [0, 0.1) is 0 Å². The van der Waals surface area contributed by atoms with Crippen LogP contribution >= 0.6 is 0 Å². The van der Waals surface area contributed by atoms with Gasteiger partial charge in [0.15, 0.2) is 0 Å². The topological polar surface area (TPSA) is 80.6 Å². The summed E-state index contributed by atoms with van der Waals surface area (Å²) < 4.78 is 6.67. The van der Waals surface area contributed by atoms with Gasteiger partial charge in [0.25, 0.3) is 11.5 Å². The molecule has 4 aromatic rings. The van der Waals surface area contributed by atoms with Gasteiger partial charge in [-0.1, -0.05) is 42.5 Å². The number of fused-ring (bicyclic) bond motifs is 1. The molecule has 0 saturated heterocycles. The second kappa shape index (κ2) is 7.52. The van der Waals surface area contributed by atoms with Gasteiger partial charge >= 0.3 is 0 Å². The first-order valence-electron chi connectivity index (χ1n) is 8.98. The maximum absolute atomic E-state index is 13.3. The molecule has 0 fully saturated rings. The maximum Gasteiger partial charge on any atom is 0.272 e. The Bertz CT molecular complexity index is 1260. The summed E-state index contributed by atoms with van der Waals surface area (Å²) in [5.74, 6) is -0.623. The molecular formula is C23H18N2O4. The molecule has 144 valence electrons. The summed E-state index contributed by atoms with van der Waals surface area (Å²) in [6.45, 7) is 0. The van der Waals surface area contributed by atoms with Crippen molar-refractivity contribution < 1.29 is 14.6 Å². The molecule has 0 aliphatic carbocycles. The van der Waals surface area contributed by atoms with Crippen LogP contribution < -0.4 is 15.6 Å². The number of aromatic hydroxyl groups is 1. The van der Waals surface area contributed by atoms with Gasteiger partial charge < -0.3 is 15.2 Å². The summed E-state index contributed by atoms with van der Waals surface area (Å²) in [5.41, 5.74) is 0.562. The molecule has 0 bridgehead atoms. The number of nitrogens with one attached hydrogen (secondary N) is 1. The number of ether oxygens (including phenoxy) is 1. The molecule has 4 rings (SSSR count). The van der Waals surface area contributed by atoms with Crippen LogP contribution in [0.5, 0.6) is 11.5 Å². The summed E-state index contributed by atoms with van der Waals surface area (Å²) in [5, 5.41) is 13.8. The second-order valence-corrected chi connectivity index (χ2v) is 6.37. The van der Waals surface area contributed by atoms with Crippen molar-refractivity contribution in [2.75, 3.05) is 12.4 Å². The van der Waals surface area contributed by atoms with E-state index in [1.807, 2.05) is 6.07 Å². The summed E-state index contributed by atoms with van der Waals surface area (Å²) in [7, 11) is 1.49. The Kier molecular flexibility index (Phi) is 4.75. The van der Waals surface area contributed by atoms with E-state index in [1.165, 1.54) is 11.7 Å². The highest BCUT2D eigenvalue weighted by Gasteiger charge is 2.23. The van der Waals surface area contributed by atoms with Gasteiger partial charge in [-0.3, -0.25) is 14.2 Å². The van der Waals surface area contributed by atoms with E-state index in [1.54, 1.807) is 72.8 Å². The first-order chi connectivity index (χ1) is 14.1. The molecule has 1 aromatic heterocycles. The lowest BCUT2D eigenvalue weighted by Crippen LogP contribution is -2.29. The smallest absolute Gasteiger partial charge is 0.272 e. The van der Waals surface area contributed by atoms with Crippen LogP contribution in [-0.4, -0.2) is 22.7 Å². The fourth-order valence-electron chi connectivity index (χ4n) is 3.30. The minimum absolute atomic E-state index is 0.335. The average molecular weight is 386 g/mol. The number of aromatic nitrogens is 1. The Morgan fingerprint density at radius 3 is 2.34 bits per heavy atom. The van der Waals surface area contributed by atoms with Crippen molar-refractivity contribution in [1.82, 2.24) is 4.57 Å². The number of rotatable bonds is 4. The van der Waals surface area contributed by atoms with E-state index < -0.39 is 11.5 Å². The number of hydrogen-bond donors (Lipinski definition) is 2. The number of benzene rings is 3. The predicted octanol–water partition coefficient (Wildman–Crippen LogP) is 3.96. The molecule has 0 aliphatic heterocycles. The lowest BCUT2D eigenvalue weighted by molar-refractivity contribution is 0.102. The SMILES string of the molecule is COc1ccccc1NC(=O)c1c(O)c2ccccc2n(-c2ccccc2)c1=O. The van der Waals surface area contributed by atoms with Crippen LogP contribution in [0.1, 0.15) is 10.4 Å². The van der Waals surface area contributed by atoms with Gasteiger partial charge in [-0.15, -0.1) is 0 Å². The molecule has 0 atom stereocenters. The Balaban J connectivity index is 1.93. The molecule has 0 radical (unpaired) electrons. The molecule has 0 spiro atoms. The Hall–Kier alpha value is -4.06. The molecule has 2 N–H and O–H groups in total. The molecule has 29 heavy (non-hydrogen) atoms. The van der Waals surface area contributed by atoms with Gasteiger partial charge in [-0.25, -0.2) is 0 Å². The van der Waals surface area contributed by atoms with E-state index in [-0.39, 0.29) is 11.3 Å². The summed E-state index contributed by atoms with van der Waals surface area (Å²) in [4.78, 5) is 26.3. The fraction of sp³-hybridized carbons (Fsp3) is 0.0435. The molecule has 1 heterocycles. The molecule has 0 unspecified atom stereocenters. The highest BCUT2D eigenvalue weighted by molar-refractivity contribution is 6.09. The number of para-hydroxylation sites is 4. The number of nitrogens with zero attached hydrogens (tertiary/aromatic N) is 1. The van der Waals surface area contributed by atoms with E-state index >= 15 is 0 Å². The van der Waals surface area contributed by atoms with E-state index in [2.05, 4.69) is 5.32 Å². The van der Waals surface area contributed by atoms with Crippen molar-refractivity contribution in [3.05, 3.63) is 94.8 Å². The summed E-state index contributed by atoms with van der Waals surface area (Å²) in [6.07, 6.45) is 0. The van der Waals surface area contributed by atoms with Crippen molar-refractivity contribution in [3.63, 3.8) is 0 Å². The number of hydrogen-bond acceptors (Lipinski definition) is 4. The number of methoxy groups -OCH3 is 1. The first kappa shape index (κ1) is 18.3. The minimum Gasteiger partial charge on any atom is -0.506 e. The van der Waals surface area contributed by atoms with Crippen molar-refractivity contribution in [3.8, 4) is 17.2 Å². The van der Waals surface area contributed by atoms with Gasteiger partial charge in [0.2, 0.25) is 0 Å². The third-order valence-corrected chi connectivity index (χ3v) is 4.65. The molecule has 3 aromatic carbocycles. The van der Waals surface area contributed by atoms with Gasteiger partial charge in [0.1, 0.15) is 17.1 Å². The normalized spacial score (nSPS) is 10.7. The zero-order valence-electron chi connectivity index (χ0n) is 15.6. The van der Waals surface area contributed by atoms with Crippen molar-refractivity contribution in [1.29, 1.82) is 0 Å². The molecular weight excluding hydrogens is 368 g/mol. The highest BCUT2D eigenvalue weighted by atomic mass is 16.5. The minimum atomic E-state index is -0.715. The number of carbonyl (C=O) groups is 1. The molecule has 1 amide bonds. The van der Waals surface area contributed by atoms with Crippen LogP contribution in [0.25, 0.3) is 16.6 Å². The van der Waals surface area contributed by atoms with Crippen LogP contribution in [0.3, 0.4) is 0 Å². The zero-order valence-corrected chi connectivity index (χ0v) is 15.6. The monoisotopic (exact) mass is 386 g/mol. The molecule has 6 nitrogen and oxygen atoms in total. The van der Waals surface area contributed by atoms with Crippen LogP contribution in [0.4, 0.5) is 5.69 Å². The number of carbonyl (C=O) groups excluding carboxylic acids is 1. The third-order valence-electron chi connectivity index (χ3n) is 4.65. The van der Waals surface area contributed by atoms with Gasteiger partial charge in [-0.05, 0) is 36.4 Å². The lowest BCUT2D eigenvalue weighted by atomic mass is 10.1. The quantitative estimate of drug-likeness (QED) is 0.556. The Morgan fingerprint density at radius 1 is 0.931 bits per heavy atom. The predicted molar refractivity (Wildman–Crippen MR) is 112 cm³/mol. The van der Waals surface area contributed by atoms with Crippen LogP contribution in [0.2, 0.25) is 0 Å². The van der Waals surface area contributed by atoms with E-state index in [9.17, 15) is 14.7 Å². The number of amides is 1. The van der Waals surface area contributed by atoms with Gasteiger partial charge in [0.05, 0.1) is 18.3 Å². The van der Waals surface area contributed by atoms with E-state index in [0.29, 0.717) is 28.0 Å². The standard InChI is InChI=1S/C23H18N2O4/c1-29-19-14-8-6-12-17(19)24-22(27)20-21(26)16-11-5-7-13-18(16)25(23(20)28)15-9-3-2-4-10-15/h2-14,26H,1H3,(H,24,27). The van der Waals surface area contributed by atoms with Gasteiger partial charge in [0, 0.05) is 11.1 Å². The van der Waals surface area contributed by atoms with E-state index in [4.69, 9.17) is 4.74 Å². The Labute approximate surface area is 166 Å². The molecule has 0 aliphatic rings. The summed E-state index contributed by atoms with van der Waals surface area (Å²) in [6, 6.07) is 22.8. The van der Waals surface area contributed by atoms with Crippen molar-refractivity contribution >= 4 is 22.5 Å². The van der Waals surface area contributed by atoms with E-state index in [0.717, 1.165) is 0 Å². The maximum atomic E-state index is 13.3. The Morgan fingerprint density at radius 2 is 1.59 bits per heavy atom.